The zero-order valence-corrected chi connectivity index (χ0v) is 10.00. The van der Waals surface area contributed by atoms with Crippen LogP contribution in [-0.2, 0) is 6.54 Å². The minimum atomic E-state index is -1.08. The topological polar surface area (TPSA) is 77.5 Å². The van der Waals surface area contributed by atoms with E-state index >= 15 is 0 Å². The van der Waals surface area contributed by atoms with Gasteiger partial charge in [0, 0.05) is 5.56 Å². The fraction of sp³-hybridized carbons (Fsp3) is 0.333. The van der Waals surface area contributed by atoms with Crippen LogP contribution in [0.4, 0.5) is 0 Å². The fourth-order valence-electron chi connectivity index (χ4n) is 1.55. The molecule has 18 heavy (non-hydrogen) atoms. The molecule has 0 aliphatic heterocycles. The van der Waals surface area contributed by atoms with Crippen LogP contribution in [0.3, 0.4) is 0 Å². The van der Waals surface area contributed by atoms with Crippen molar-refractivity contribution in [2.45, 2.75) is 19.9 Å². The van der Waals surface area contributed by atoms with Crippen molar-refractivity contribution in [3.63, 3.8) is 0 Å². The summed E-state index contributed by atoms with van der Waals surface area (Å²) in [5, 5.41) is 13.0. The molecule has 1 N–H and O–H groups in total. The number of aromatic carboxylic acids is 1. The Labute approximate surface area is 104 Å². The molecule has 0 aromatic carbocycles. The molecule has 2 aromatic heterocycles. The lowest BCUT2D eigenvalue weighted by Crippen LogP contribution is -2.04. The Balaban J connectivity index is 2.06. The summed E-state index contributed by atoms with van der Waals surface area (Å²) in [4.78, 5) is 10.9. The van der Waals surface area contributed by atoms with Crippen molar-refractivity contribution in [3.05, 3.63) is 36.0 Å². The number of carbonyl (C=O) groups is 1. The second kappa shape index (κ2) is 5.39. The smallest absolute Gasteiger partial charge is 0.372 e. The minimum Gasteiger partial charge on any atom is -0.490 e. The van der Waals surface area contributed by atoms with Gasteiger partial charge in [-0.15, -0.1) is 0 Å². The van der Waals surface area contributed by atoms with Crippen LogP contribution in [0.1, 0.15) is 29.5 Å². The number of nitrogens with zero attached hydrogens (tertiary/aromatic N) is 2. The van der Waals surface area contributed by atoms with Crippen LogP contribution in [0.15, 0.2) is 29.1 Å². The zero-order valence-electron chi connectivity index (χ0n) is 10.00. The first-order valence-electron chi connectivity index (χ1n) is 5.65. The molecule has 2 rings (SSSR count). The van der Waals surface area contributed by atoms with Crippen molar-refractivity contribution in [2.24, 2.45) is 0 Å². The van der Waals surface area contributed by atoms with Gasteiger partial charge in [0.15, 0.2) is 5.75 Å². The van der Waals surface area contributed by atoms with Crippen LogP contribution in [0, 0.1) is 0 Å². The number of ether oxygens (including phenoxy) is 1. The average molecular weight is 250 g/mol. The summed E-state index contributed by atoms with van der Waals surface area (Å²) in [6.45, 7) is 3.00. The summed E-state index contributed by atoms with van der Waals surface area (Å²) in [6.07, 6.45) is 5.62. The number of rotatable bonds is 6. The number of furan rings is 1. The Bertz CT molecular complexity index is 530. The van der Waals surface area contributed by atoms with E-state index in [4.69, 9.17) is 14.3 Å². The van der Waals surface area contributed by atoms with E-state index in [-0.39, 0.29) is 5.76 Å². The van der Waals surface area contributed by atoms with Crippen molar-refractivity contribution in [1.29, 1.82) is 0 Å². The molecule has 6 nitrogen and oxygen atoms in total. The van der Waals surface area contributed by atoms with E-state index in [2.05, 4.69) is 5.10 Å². The predicted octanol–water partition coefficient (Wildman–Crippen LogP) is 2.01. The van der Waals surface area contributed by atoms with Crippen LogP contribution in [0.2, 0.25) is 0 Å². The normalized spacial score (nSPS) is 10.5. The highest BCUT2D eigenvalue weighted by molar-refractivity contribution is 5.86. The maximum Gasteiger partial charge on any atom is 0.372 e. The largest absolute Gasteiger partial charge is 0.490 e. The van der Waals surface area contributed by atoms with E-state index in [9.17, 15) is 4.79 Å². The van der Waals surface area contributed by atoms with E-state index in [1.54, 1.807) is 23.1 Å². The molecule has 0 amide bonds. The van der Waals surface area contributed by atoms with Gasteiger partial charge in [-0.05, 0) is 12.5 Å². The molecule has 96 valence electrons. The van der Waals surface area contributed by atoms with Gasteiger partial charge in [0.25, 0.3) is 0 Å². The lowest BCUT2D eigenvalue weighted by atomic mass is 10.2. The van der Waals surface area contributed by atoms with E-state index in [0.29, 0.717) is 24.5 Å². The summed E-state index contributed by atoms with van der Waals surface area (Å²) in [5.41, 5.74) is 0.577. The third-order valence-electron chi connectivity index (χ3n) is 2.36. The second-order valence-corrected chi connectivity index (χ2v) is 3.80. The Morgan fingerprint density at radius 3 is 3.17 bits per heavy atom. The van der Waals surface area contributed by atoms with E-state index in [0.717, 1.165) is 6.42 Å². The van der Waals surface area contributed by atoms with Crippen LogP contribution in [-0.4, -0.2) is 27.5 Å². The van der Waals surface area contributed by atoms with E-state index in [1.807, 2.05) is 6.92 Å². The monoisotopic (exact) mass is 250 g/mol. The predicted molar refractivity (Wildman–Crippen MR) is 62.8 cm³/mol. The molecular weight excluding hydrogens is 236 g/mol. The Morgan fingerprint density at radius 1 is 1.61 bits per heavy atom. The highest BCUT2D eigenvalue weighted by atomic mass is 16.5. The van der Waals surface area contributed by atoms with Gasteiger partial charge in [-0.1, -0.05) is 6.92 Å². The van der Waals surface area contributed by atoms with Gasteiger partial charge in [0.2, 0.25) is 5.76 Å². The summed E-state index contributed by atoms with van der Waals surface area (Å²) in [6, 6.07) is 1.62. The molecule has 0 fully saturated rings. The first-order valence-corrected chi connectivity index (χ1v) is 5.65. The van der Waals surface area contributed by atoms with Gasteiger partial charge >= 0.3 is 5.97 Å². The van der Waals surface area contributed by atoms with Crippen LogP contribution in [0.25, 0.3) is 0 Å². The Kier molecular flexibility index (Phi) is 3.66. The summed E-state index contributed by atoms with van der Waals surface area (Å²) < 4.78 is 11.9. The minimum absolute atomic E-state index is 0.0541. The van der Waals surface area contributed by atoms with Crippen molar-refractivity contribution in [2.75, 3.05) is 6.61 Å². The fourth-order valence-corrected chi connectivity index (χ4v) is 1.55. The van der Waals surface area contributed by atoms with Gasteiger partial charge in [0.05, 0.1) is 31.8 Å². The third kappa shape index (κ3) is 2.71. The molecule has 6 heteroatoms. The van der Waals surface area contributed by atoms with E-state index < -0.39 is 5.97 Å². The highest BCUT2D eigenvalue weighted by Crippen LogP contribution is 2.14. The van der Waals surface area contributed by atoms with Gasteiger partial charge in [0.1, 0.15) is 0 Å². The lowest BCUT2D eigenvalue weighted by molar-refractivity contribution is 0.0660. The first kappa shape index (κ1) is 12.2. The van der Waals surface area contributed by atoms with E-state index in [1.165, 1.54) is 6.26 Å². The van der Waals surface area contributed by atoms with Crippen molar-refractivity contribution in [3.8, 4) is 5.75 Å². The van der Waals surface area contributed by atoms with Gasteiger partial charge in [-0.25, -0.2) is 4.79 Å². The second-order valence-electron chi connectivity index (χ2n) is 3.80. The van der Waals surface area contributed by atoms with Gasteiger partial charge in [-0.3, -0.25) is 4.68 Å². The van der Waals surface area contributed by atoms with Crippen molar-refractivity contribution >= 4 is 5.97 Å². The molecule has 0 bridgehead atoms. The van der Waals surface area contributed by atoms with Crippen molar-refractivity contribution in [1.82, 2.24) is 9.78 Å². The van der Waals surface area contributed by atoms with Crippen LogP contribution >= 0.6 is 0 Å². The number of carboxylic acids is 1. The molecular formula is C12H14N2O4. The molecule has 0 atom stereocenters. The van der Waals surface area contributed by atoms with Crippen molar-refractivity contribution < 1.29 is 19.1 Å². The Morgan fingerprint density at radius 2 is 2.44 bits per heavy atom. The van der Waals surface area contributed by atoms with Crippen LogP contribution < -0.4 is 4.74 Å². The zero-order chi connectivity index (χ0) is 13.0. The molecule has 2 aromatic rings. The quantitative estimate of drug-likeness (QED) is 0.848. The molecule has 0 saturated carbocycles. The standard InChI is InChI=1S/C12H14N2O4/c1-2-4-17-10-6-13-14(8-10)7-9-3-5-18-11(9)12(15)16/h3,5-6,8H,2,4,7H2,1H3,(H,15,16). The third-order valence-corrected chi connectivity index (χ3v) is 2.36. The number of hydrogen-bond donors (Lipinski definition) is 1. The molecule has 0 spiro atoms. The molecule has 0 radical (unpaired) electrons. The van der Waals surface area contributed by atoms with Crippen LogP contribution in [0.5, 0.6) is 5.75 Å². The summed E-state index contributed by atoms with van der Waals surface area (Å²) in [7, 11) is 0. The average Bonchev–Trinajstić information content (AvgIpc) is 2.96. The molecule has 0 aliphatic rings. The number of carboxylic acid groups (broad SMARTS) is 1. The molecule has 0 unspecified atom stereocenters. The Hall–Kier alpha value is -2.24. The maximum atomic E-state index is 10.9. The maximum absolute atomic E-state index is 10.9. The lowest BCUT2D eigenvalue weighted by Gasteiger charge is -2.00. The van der Waals surface area contributed by atoms with Gasteiger partial charge in [-0.2, -0.15) is 5.10 Å². The van der Waals surface area contributed by atoms with Gasteiger partial charge < -0.3 is 14.3 Å². The summed E-state index contributed by atoms with van der Waals surface area (Å²) in [5.74, 6) is -0.455. The molecule has 2 heterocycles. The number of aromatic nitrogens is 2. The SMILES string of the molecule is CCCOc1cnn(Cc2ccoc2C(=O)O)c1. The summed E-state index contributed by atoms with van der Waals surface area (Å²) >= 11 is 0. The highest BCUT2D eigenvalue weighted by Gasteiger charge is 2.14. The molecule has 0 saturated heterocycles. The first-order chi connectivity index (χ1) is 8.70. The molecule has 0 aliphatic carbocycles. The number of hydrogen-bond acceptors (Lipinski definition) is 4.